The van der Waals surface area contributed by atoms with Gasteiger partial charge in [0.2, 0.25) is 5.91 Å². The number of hydrogen-bond acceptors (Lipinski definition) is 6. The zero-order valence-corrected chi connectivity index (χ0v) is 17.5. The van der Waals surface area contributed by atoms with Crippen molar-refractivity contribution in [2.45, 2.75) is 0 Å². The van der Waals surface area contributed by atoms with Crippen LogP contribution in [0.3, 0.4) is 0 Å². The predicted octanol–water partition coefficient (Wildman–Crippen LogP) is 4.17. The fourth-order valence-corrected chi connectivity index (χ4v) is 3.84. The van der Waals surface area contributed by atoms with Gasteiger partial charge in [-0.2, -0.15) is 0 Å². The van der Waals surface area contributed by atoms with E-state index in [1.165, 1.54) is 38.5 Å². The lowest BCUT2D eigenvalue weighted by Crippen LogP contribution is -2.36. The SMILES string of the molecule is COc1cc(/C=C2/SC(=O)N(CC(=O)Nc3ccccc3F)C2=O)cc(Cl)c1OC. The lowest BCUT2D eigenvalue weighted by Gasteiger charge is -2.13. The molecular formula is C20H16ClFN2O5S. The van der Waals surface area contributed by atoms with Crippen molar-refractivity contribution < 1.29 is 28.2 Å². The van der Waals surface area contributed by atoms with Crippen LogP contribution >= 0.6 is 23.4 Å². The number of rotatable bonds is 6. The van der Waals surface area contributed by atoms with E-state index in [9.17, 15) is 18.8 Å². The molecule has 156 valence electrons. The molecule has 3 amide bonds. The predicted molar refractivity (Wildman–Crippen MR) is 112 cm³/mol. The average molecular weight is 451 g/mol. The second kappa shape index (κ2) is 9.19. The number of anilines is 1. The molecule has 2 aromatic rings. The number of halogens is 2. The van der Waals surface area contributed by atoms with Crippen LogP contribution in [-0.2, 0) is 9.59 Å². The Labute approximate surface area is 180 Å². The van der Waals surface area contributed by atoms with E-state index in [1.807, 2.05) is 0 Å². The summed E-state index contributed by atoms with van der Waals surface area (Å²) in [5, 5.41) is 2.00. The second-order valence-corrected chi connectivity index (χ2v) is 7.43. The average Bonchev–Trinajstić information content (AvgIpc) is 2.96. The van der Waals surface area contributed by atoms with Gasteiger partial charge in [0.05, 0.1) is 29.8 Å². The molecule has 1 aliphatic rings. The van der Waals surface area contributed by atoms with Crippen LogP contribution in [0.1, 0.15) is 5.56 Å². The quantitative estimate of drug-likeness (QED) is 0.665. The molecular weight excluding hydrogens is 435 g/mol. The number of ether oxygens (including phenoxy) is 2. The van der Waals surface area contributed by atoms with E-state index in [-0.39, 0.29) is 15.6 Å². The number of nitrogens with one attached hydrogen (secondary N) is 1. The highest BCUT2D eigenvalue weighted by molar-refractivity contribution is 8.18. The minimum absolute atomic E-state index is 0.0371. The Hall–Kier alpha value is -3.04. The molecule has 1 N–H and O–H groups in total. The molecule has 1 aliphatic heterocycles. The van der Waals surface area contributed by atoms with Gasteiger partial charge in [-0.3, -0.25) is 19.3 Å². The van der Waals surface area contributed by atoms with Crippen LogP contribution in [0.2, 0.25) is 5.02 Å². The normalized spacial score (nSPS) is 14.9. The molecule has 1 fully saturated rings. The summed E-state index contributed by atoms with van der Waals surface area (Å²) in [6.45, 7) is -0.539. The van der Waals surface area contributed by atoms with Crippen LogP contribution in [-0.4, -0.2) is 42.7 Å². The fourth-order valence-electron chi connectivity index (χ4n) is 2.70. The summed E-state index contributed by atoms with van der Waals surface area (Å²) in [4.78, 5) is 37.9. The zero-order valence-electron chi connectivity index (χ0n) is 15.9. The summed E-state index contributed by atoms with van der Waals surface area (Å²) in [7, 11) is 2.89. The number of imide groups is 1. The van der Waals surface area contributed by atoms with Gasteiger partial charge in [-0.15, -0.1) is 0 Å². The molecule has 0 spiro atoms. The number of amides is 3. The van der Waals surface area contributed by atoms with Crippen LogP contribution in [0.15, 0.2) is 41.3 Å². The molecule has 7 nitrogen and oxygen atoms in total. The Morgan fingerprint density at radius 1 is 1.23 bits per heavy atom. The van der Waals surface area contributed by atoms with Gasteiger partial charge in [0.15, 0.2) is 11.5 Å². The van der Waals surface area contributed by atoms with Crippen molar-refractivity contribution in [1.29, 1.82) is 0 Å². The molecule has 0 aliphatic carbocycles. The number of thioether (sulfide) groups is 1. The van der Waals surface area contributed by atoms with Crippen LogP contribution in [0.4, 0.5) is 14.9 Å². The van der Waals surface area contributed by atoms with Crippen molar-refractivity contribution in [3.8, 4) is 11.5 Å². The van der Waals surface area contributed by atoms with Crippen molar-refractivity contribution in [2.75, 3.05) is 26.1 Å². The van der Waals surface area contributed by atoms with Crippen molar-refractivity contribution in [2.24, 2.45) is 0 Å². The van der Waals surface area contributed by atoms with E-state index in [2.05, 4.69) is 5.32 Å². The van der Waals surface area contributed by atoms with Crippen molar-refractivity contribution in [3.63, 3.8) is 0 Å². The number of carbonyl (C=O) groups excluding carboxylic acids is 3. The van der Waals surface area contributed by atoms with Crippen molar-refractivity contribution in [1.82, 2.24) is 4.90 Å². The summed E-state index contributed by atoms with van der Waals surface area (Å²) in [6.07, 6.45) is 1.47. The van der Waals surface area contributed by atoms with Crippen molar-refractivity contribution in [3.05, 3.63) is 57.7 Å². The van der Waals surface area contributed by atoms with Gasteiger partial charge in [0.25, 0.3) is 11.1 Å². The Morgan fingerprint density at radius 2 is 1.97 bits per heavy atom. The fraction of sp³-hybridized carbons (Fsp3) is 0.150. The first-order chi connectivity index (χ1) is 14.3. The second-order valence-electron chi connectivity index (χ2n) is 6.03. The van der Waals surface area contributed by atoms with Gasteiger partial charge >= 0.3 is 0 Å². The summed E-state index contributed by atoms with van der Waals surface area (Å²) in [5.74, 6) is -1.25. The first kappa shape index (κ1) is 21.7. The highest BCUT2D eigenvalue weighted by Gasteiger charge is 2.36. The first-order valence-corrected chi connectivity index (χ1v) is 9.74. The highest BCUT2D eigenvalue weighted by atomic mass is 35.5. The molecule has 1 saturated heterocycles. The van der Waals surface area contributed by atoms with E-state index < -0.39 is 29.4 Å². The van der Waals surface area contributed by atoms with Crippen LogP contribution in [0.5, 0.6) is 11.5 Å². The van der Waals surface area contributed by atoms with Gasteiger partial charge in [-0.1, -0.05) is 23.7 Å². The van der Waals surface area contributed by atoms with Gasteiger partial charge in [-0.05, 0) is 47.7 Å². The summed E-state index contributed by atoms with van der Waals surface area (Å²) >= 11 is 6.85. The number of benzene rings is 2. The lowest BCUT2D eigenvalue weighted by molar-refractivity contribution is -0.127. The maximum atomic E-state index is 13.7. The number of hydrogen-bond donors (Lipinski definition) is 1. The van der Waals surface area contributed by atoms with Crippen LogP contribution in [0, 0.1) is 5.82 Å². The summed E-state index contributed by atoms with van der Waals surface area (Å²) in [5.41, 5.74) is 0.476. The minimum atomic E-state index is -0.696. The molecule has 0 bridgehead atoms. The van der Waals surface area contributed by atoms with Gasteiger partial charge in [0.1, 0.15) is 12.4 Å². The molecule has 0 saturated carbocycles. The minimum Gasteiger partial charge on any atom is -0.493 e. The van der Waals surface area contributed by atoms with E-state index in [1.54, 1.807) is 18.2 Å². The third kappa shape index (κ3) is 4.58. The topological polar surface area (TPSA) is 84.9 Å². The molecule has 0 unspecified atom stereocenters. The third-order valence-corrected chi connectivity index (χ3v) is 5.27. The van der Waals surface area contributed by atoms with E-state index in [0.717, 1.165) is 4.90 Å². The largest absolute Gasteiger partial charge is 0.493 e. The molecule has 0 aromatic heterocycles. The Kier molecular flexibility index (Phi) is 6.63. The molecule has 10 heteroatoms. The smallest absolute Gasteiger partial charge is 0.294 e. The zero-order chi connectivity index (χ0) is 21.8. The summed E-state index contributed by atoms with van der Waals surface area (Å²) in [6, 6.07) is 8.75. The Balaban J connectivity index is 1.77. The Bertz CT molecular complexity index is 1060. The molecule has 3 rings (SSSR count). The molecule has 2 aromatic carbocycles. The first-order valence-electron chi connectivity index (χ1n) is 8.55. The maximum Gasteiger partial charge on any atom is 0.294 e. The lowest BCUT2D eigenvalue weighted by atomic mass is 10.2. The van der Waals surface area contributed by atoms with Crippen LogP contribution in [0.25, 0.3) is 6.08 Å². The van der Waals surface area contributed by atoms with Crippen molar-refractivity contribution >= 4 is 52.2 Å². The van der Waals surface area contributed by atoms with E-state index in [0.29, 0.717) is 28.8 Å². The van der Waals surface area contributed by atoms with E-state index in [4.69, 9.17) is 21.1 Å². The summed E-state index contributed by atoms with van der Waals surface area (Å²) < 4.78 is 24.0. The molecule has 0 atom stereocenters. The monoisotopic (exact) mass is 450 g/mol. The molecule has 0 radical (unpaired) electrons. The van der Waals surface area contributed by atoms with Gasteiger partial charge in [-0.25, -0.2) is 4.39 Å². The number of para-hydroxylation sites is 1. The standard InChI is InChI=1S/C20H16ClFN2O5S/c1-28-15-8-11(7-12(21)18(15)29-2)9-16-19(26)24(20(27)30-16)10-17(25)23-14-6-4-3-5-13(14)22/h3-9H,10H2,1-2H3,(H,23,25)/b16-9+. The van der Waals surface area contributed by atoms with Crippen LogP contribution < -0.4 is 14.8 Å². The van der Waals surface area contributed by atoms with E-state index >= 15 is 0 Å². The maximum absolute atomic E-state index is 13.7. The Morgan fingerprint density at radius 3 is 2.63 bits per heavy atom. The third-order valence-electron chi connectivity index (χ3n) is 4.08. The van der Waals surface area contributed by atoms with Gasteiger partial charge in [0, 0.05) is 0 Å². The number of methoxy groups -OCH3 is 2. The molecule has 30 heavy (non-hydrogen) atoms. The van der Waals surface area contributed by atoms with Gasteiger partial charge < -0.3 is 14.8 Å². The molecule has 1 heterocycles. The number of nitrogens with zero attached hydrogens (tertiary/aromatic N) is 1. The highest BCUT2D eigenvalue weighted by Crippen LogP contribution is 2.38. The number of carbonyl (C=O) groups is 3.